The van der Waals surface area contributed by atoms with Crippen LogP contribution in [-0.2, 0) is 4.84 Å². The Balaban J connectivity index is 2.13. The second-order valence-corrected chi connectivity index (χ2v) is 4.39. The smallest absolute Gasteiger partial charge is 0.412 e. The van der Waals surface area contributed by atoms with Gasteiger partial charge in [0.1, 0.15) is 36.3 Å². The quantitative estimate of drug-likeness (QED) is 0.613. The number of oxime groups is 1. The molecule has 0 aliphatic rings. The molecule has 1 heterocycles. The van der Waals surface area contributed by atoms with Crippen LogP contribution in [0.5, 0.6) is 17.4 Å². The lowest BCUT2D eigenvalue weighted by atomic mass is 10.3. The molecule has 24 heavy (non-hydrogen) atoms. The minimum Gasteiger partial charge on any atom is -0.438 e. The average Bonchev–Trinajstić information content (AvgIpc) is 2.56. The van der Waals surface area contributed by atoms with Gasteiger partial charge in [-0.05, 0) is 31.2 Å². The molecular weight excluding hydrogens is 314 g/mol. The standard InChI is InChI=1S/C15H17N5O4/c1-3-17-15(21)24-11-6-4-10(5-7-11)23-14-12(8-20-22-2)13(16)18-9-19-14/h4-9H,3H2,1-2H3,(H,17,21)(H2,16,18,19)/b20-8+. The number of amides is 1. The highest BCUT2D eigenvalue weighted by atomic mass is 16.6. The zero-order valence-electron chi connectivity index (χ0n) is 13.2. The van der Waals surface area contributed by atoms with E-state index in [0.29, 0.717) is 23.6 Å². The van der Waals surface area contributed by atoms with E-state index in [0.717, 1.165) is 0 Å². The third kappa shape index (κ3) is 4.57. The van der Waals surface area contributed by atoms with Gasteiger partial charge in [-0.15, -0.1) is 0 Å². The summed E-state index contributed by atoms with van der Waals surface area (Å²) in [6, 6.07) is 6.45. The van der Waals surface area contributed by atoms with E-state index in [9.17, 15) is 4.79 Å². The Morgan fingerprint density at radius 2 is 2.00 bits per heavy atom. The van der Waals surface area contributed by atoms with Gasteiger partial charge < -0.3 is 25.4 Å². The number of nitrogen functional groups attached to an aromatic ring is 1. The maximum absolute atomic E-state index is 11.3. The van der Waals surface area contributed by atoms with Gasteiger partial charge >= 0.3 is 6.09 Å². The van der Waals surface area contributed by atoms with E-state index in [-0.39, 0.29) is 11.7 Å². The van der Waals surface area contributed by atoms with Crippen LogP contribution in [0.3, 0.4) is 0 Å². The molecule has 126 valence electrons. The van der Waals surface area contributed by atoms with Crippen molar-refractivity contribution < 1.29 is 19.1 Å². The molecule has 1 amide bonds. The van der Waals surface area contributed by atoms with Crippen molar-refractivity contribution in [2.24, 2.45) is 5.16 Å². The highest BCUT2D eigenvalue weighted by Gasteiger charge is 2.10. The molecule has 9 nitrogen and oxygen atoms in total. The maximum atomic E-state index is 11.3. The van der Waals surface area contributed by atoms with Crippen molar-refractivity contribution >= 4 is 18.1 Å². The summed E-state index contributed by atoms with van der Waals surface area (Å²) in [5, 5.41) is 6.17. The lowest BCUT2D eigenvalue weighted by Gasteiger charge is -2.09. The molecule has 0 aliphatic heterocycles. The van der Waals surface area contributed by atoms with Gasteiger partial charge in [-0.1, -0.05) is 5.16 Å². The van der Waals surface area contributed by atoms with E-state index < -0.39 is 6.09 Å². The number of anilines is 1. The molecule has 0 unspecified atom stereocenters. The fourth-order valence-corrected chi connectivity index (χ4v) is 1.68. The molecule has 0 radical (unpaired) electrons. The average molecular weight is 331 g/mol. The molecule has 1 aromatic heterocycles. The molecule has 9 heteroatoms. The van der Waals surface area contributed by atoms with Crippen LogP contribution in [0.1, 0.15) is 12.5 Å². The third-order valence-corrected chi connectivity index (χ3v) is 2.74. The van der Waals surface area contributed by atoms with Gasteiger partial charge in [0.15, 0.2) is 0 Å². The van der Waals surface area contributed by atoms with E-state index in [1.165, 1.54) is 19.7 Å². The van der Waals surface area contributed by atoms with E-state index in [4.69, 9.17) is 15.2 Å². The molecule has 2 aromatic rings. The zero-order valence-corrected chi connectivity index (χ0v) is 13.2. The Hall–Kier alpha value is -3.36. The Morgan fingerprint density at radius 3 is 2.67 bits per heavy atom. The van der Waals surface area contributed by atoms with Gasteiger partial charge in [-0.3, -0.25) is 0 Å². The first-order valence-electron chi connectivity index (χ1n) is 7.04. The van der Waals surface area contributed by atoms with Crippen LogP contribution in [-0.4, -0.2) is 35.9 Å². The predicted molar refractivity (Wildman–Crippen MR) is 87.3 cm³/mol. The fourth-order valence-electron chi connectivity index (χ4n) is 1.68. The first-order chi connectivity index (χ1) is 11.6. The molecule has 0 saturated carbocycles. The number of carbonyl (C=O) groups excluding carboxylic acids is 1. The molecule has 0 spiro atoms. The predicted octanol–water partition coefficient (Wildman–Crippen LogP) is 1.94. The van der Waals surface area contributed by atoms with Gasteiger partial charge in [-0.2, -0.15) is 0 Å². The molecule has 3 N–H and O–H groups in total. The zero-order chi connectivity index (χ0) is 17.4. The van der Waals surface area contributed by atoms with Gasteiger partial charge in [0, 0.05) is 6.54 Å². The summed E-state index contributed by atoms with van der Waals surface area (Å²) in [4.78, 5) is 23.9. The number of nitrogens with two attached hydrogens (primary N) is 1. The summed E-state index contributed by atoms with van der Waals surface area (Å²) in [5.74, 6) is 1.29. The molecular formula is C15H17N5O4. The number of aromatic nitrogens is 2. The number of carbonyl (C=O) groups is 1. The van der Waals surface area contributed by atoms with Crippen LogP contribution in [0.4, 0.5) is 10.6 Å². The number of ether oxygens (including phenoxy) is 2. The van der Waals surface area contributed by atoms with Gasteiger partial charge in [0.05, 0.1) is 6.21 Å². The third-order valence-electron chi connectivity index (χ3n) is 2.74. The summed E-state index contributed by atoms with van der Waals surface area (Å²) in [6.45, 7) is 2.29. The topological polar surface area (TPSA) is 121 Å². The number of hydrogen-bond donors (Lipinski definition) is 2. The second kappa shape index (κ2) is 8.32. The summed E-state index contributed by atoms with van der Waals surface area (Å²) < 4.78 is 10.7. The Morgan fingerprint density at radius 1 is 1.29 bits per heavy atom. The Labute approximate surface area is 138 Å². The number of benzene rings is 1. The number of nitrogens with zero attached hydrogens (tertiary/aromatic N) is 3. The normalized spacial score (nSPS) is 10.4. The fraction of sp³-hybridized carbons (Fsp3) is 0.200. The number of nitrogens with one attached hydrogen (secondary N) is 1. The summed E-state index contributed by atoms with van der Waals surface area (Å²) >= 11 is 0. The first kappa shape index (κ1) is 17.0. The maximum Gasteiger partial charge on any atom is 0.412 e. The van der Waals surface area contributed by atoms with Crippen LogP contribution in [0.25, 0.3) is 0 Å². The highest BCUT2D eigenvalue weighted by Crippen LogP contribution is 2.26. The molecule has 2 rings (SSSR count). The number of rotatable bonds is 6. The molecule has 0 bridgehead atoms. The molecule has 0 fully saturated rings. The van der Waals surface area contributed by atoms with Crippen molar-refractivity contribution in [3.05, 3.63) is 36.2 Å². The van der Waals surface area contributed by atoms with Crippen molar-refractivity contribution in [3.63, 3.8) is 0 Å². The van der Waals surface area contributed by atoms with Crippen LogP contribution in [0.15, 0.2) is 35.7 Å². The lowest BCUT2D eigenvalue weighted by Crippen LogP contribution is -2.26. The van der Waals surface area contributed by atoms with Gasteiger partial charge in [0.25, 0.3) is 0 Å². The van der Waals surface area contributed by atoms with Gasteiger partial charge in [0.2, 0.25) is 5.88 Å². The number of hydrogen-bond acceptors (Lipinski definition) is 8. The Kier molecular flexibility index (Phi) is 5.89. The van der Waals surface area contributed by atoms with E-state index in [1.54, 1.807) is 31.2 Å². The van der Waals surface area contributed by atoms with Crippen molar-refractivity contribution in [2.45, 2.75) is 6.92 Å². The lowest BCUT2D eigenvalue weighted by molar-refractivity contribution is 0.201. The minimum atomic E-state index is -0.521. The van der Waals surface area contributed by atoms with E-state index >= 15 is 0 Å². The van der Waals surface area contributed by atoms with Crippen LogP contribution in [0, 0.1) is 0 Å². The SMILES string of the molecule is CCNC(=O)Oc1ccc(Oc2ncnc(N)c2/C=N/OC)cc1. The highest BCUT2D eigenvalue weighted by molar-refractivity contribution is 5.88. The molecule has 0 saturated heterocycles. The monoisotopic (exact) mass is 331 g/mol. The van der Waals surface area contributed by atoms with E-state index in [2.05, 4.69) is 25.3 Å². The minimum absolute atomic E-state index is 0.206. The molecule has 1 aromatic carbocycles. The molecule has 0 atom stereocenters. The van der Waals surface area contributed by atoms with Crippen LogP contribution in [0.2, 0.25) is 0 Å². The summed E-state index contributed by atoms with van der Waals surface area (Å²) in [6.07, 6.45) is 2.12. The molecule has 0 aliphatic carbocycles. The second-order valence-electron chi connectivity index (χ2n) is 4.39. The van der Waals surface area contributed by atoms with Crippen molar-refractivity contribution in [1.29, 1.82) is 0 Å². The summed E-state index contributed by atoms with van der Waals surface area (Å²) in [7, 11) is 1.41. The van der Waals surface area contributed by atoms with E-state index in [1.807, 2.05) is 0 Å². The first-order valence-corrected chi connectivity index (χ1v) is 7.04. The largest absolute Gasteiger partial charge is 0.438 e. The van der Waals surface area contributed by atoms with Crippen molar-refractivity contribution in [1.82, 2.24) is 15.3 Å². The van der Waals surface area contributed by atoms with Crippen LogP contribution >= 0.6 is 0 Å². The Bertz CT molecular complexity index is 718. The van der Waals surface area contributed by atoms with Crippen LogP contribution < -0.4 is 20.5 Å². The van der Waals surface area contributed by atoms with Crippen molar-refractivity contribution in [2.75, 3.05) is 19.4 Å². The summed E-state index contributed by atoms with van der Waals surface area (Å²) in [5.41, 5.74) is 6.17. The van der Waals surface area contributed by atoms with Crippen molar-refractivity contribution in [3.8, 4) is 17.4 Å². The van der Waals surface area contributed by atoms with Gasteiger partial charge in [-0.25, -0.2) is 14.8 Å².